The van der Waals surface area contributed by atoms with E-state index < -0.39 is 0 Å². The summed E-state index contributed by atoms with van der Waals surface area (Å²) in [6.45, 7) is 4.80. The van der Waals surface area contributed by atoms with Crippen LogP contribution in [0.3, 0.4) is 0 Å². The first-order valence-corrected chi connectivity index (χ1v) is 6.62. The maximum Gasteiger partial charge on any atom is 0.0641 e. The Labute approximate surface area is 109 Å². The fourth-order valence-electron chi connectivity index (χ4n) is 2.84. The topological polar surface area (TPSA) is 56.3 Å². The van der Waals surface area contributed by atoms with Crippen molar-refractivity contribution in [1.82, 2.24) is 14.7 Å². The van der Waals surface area contributed by atoms with Gasteiger partial charge in [0.15, 0.2) is 0 Å². The van der Waals surface area contributed by atoms with E-state index in [4.69, 9.17) is 10.5 Å². The fraction of sp³-hybridized carbons (Fsp3) is 0.769. The maximum atomic E-state index is 5.97. The van der Waals surface area contributed by atoms with Crippen LogP contribution in [0.5, 0.6) is 0 Å². The molecule has 0 bridgehead atoms. The minimum atomic E-state index is 0.288. The van der Waals surface area contributed by atoms with Gasteiger partial charge in [-0.15, -0.1) is 0 Å². The zero-order chi connectivity index (χ0) is 13.1. The van der Waals surface area contributed by atoms with Crippen LogP contribution in [0.4, 0.5) is 0 Å². The molecule has 18 heavy (non-hydrogen) atoms. The van der Waals surface area contributed by atoms with E-state index in [-0.39, 0.29) is 6.04 Å². The third kappa shape index (κ3) is 2.74. The van der Waals surface area contributed by atoms with Crippen molar-refractivity contribution in [2.75, 3.05) is 26.7 Å². The van der Waals surface area contributed by atoms with Gasteiger partial charge in [-0.2, -0.15) is 5.10 Å². The summed E-state index contributed by atoms with van der Waals surface area (Å²) in [6.07, 6.45) is 4.68. The molecule has 1 saturated heterocycles. The first-order chi connectivity index (χ1) is 8.65. The molecule has 102 valence electrons. The Morgan fingerprint density at radius 3 is 2.61 bits per heavy atom. The van der Waals surface area contributed by atoms with Crippen molar-refractivity contribution in [2.45, 2.75) is 31.9 Å². The molecule has 1 aromatic heterocycles. The SMILES string of the molecule is COC1CCN(C(CN)c2cn(C)nc2C)CC1. The van der Waals surface area contributed by atoms with Gasteiger partial charge in [-0.3, -0.25) is 9.58 Å². The predicted octanol–water partition coefficient (Wildman–Crippen LogP) is 0.839. The van der Waals surface area contributed by atoms with Gasteiger partial charge in [-0.1, -0.05) is 0 Å². The Balaban J connectivity index is 2.08. The molecule has 5 nitrogen and oxygen atoms in total. The molecule has 2 heterocycles. The number of hydrogen-bond acceptors (Lipinski definition) is 4. The number of likely N-dealkylation sites (tertiary alicyclic amines) is 1. The van der Waals surface area contributed by atoms with Crippen LogP contribution in [0.1, 0.15) is 30.1 Å². The smallest absolute Gasteiger partial charge is 0.0641 e. The van der Waals surface area contributed by atoms with Crippen LogP contribution in [-0.4, -0.2) is 47.5 Å². The number of aryl methyl sites for hydroxylation is 2. The monoisotopic (exact) mass is 252 g/mol. The lowest BCUT2D eigenvalue weighted by molar-refractivity contribution is 0.0279. The van der Waals surface area contributed by atoms with Gasteiger partial charge >= 0.3 is 0 Å². The molecule has 0 amide bonds. The summed E-state index contributed by atoms with van der Waals surface area (Å²) in [5.41, 5.74) is 8.32. The molecule has 1 aliphatic heterocycles. The highest BCUT2D eigenvalue weighted by molar-refractivity contribution is 5.20. The van der Waals surface area contributed by atoms with Crippen LogP contribution < -0.4 is 5.73 Å². The number of aromatic nitrogens is 2. The van der Waals surface area contributed by atoms with Crippen molar-refractivity contribution >= 4 is 0 Å². The summed E-state index contributed by atoms with van der Waals surface area (Å²) in [4.78, 5) is 2.46. The molecule has 1 unspecified atom stereocenters. The van der Waals surface area contributed by atoms with Crippen molar-refractivity contribution in [1.29, 1.82) is 0 Å². The lowest BCUT2D eigenvalue weighted by Crippen LogP contribution is -2.41. The van der Waals surface area contributed by atoms with Gasteiger partial charge in [-0.25, -0.2) is 0 Å². The van der Waals surface area contributed by atoms with Crippen LogP contribution in [0.15, 0.2) is 6.20 Å². The largest absolute Gasteiger partial charge is 0.381 e. The molecule has 5 heteroatoms. The van der Waals surface area contributed by atoms with Gasteiger partial charge in [0.05, 0.1) is 17.8 Å². The van der Waals surface area contributed by atoms with Crippen molar-refractivity contribution in [2.24, 2.45) is 12.8 Å². The van der Waals surface area contributed by atoms with E-state index >= 15 is 0 Å². The summed E-state index contributed by atoms with van der Waals surface area (Å²) in [6, 6.07) is 0.288. The van der Waals surface area contributed by atoms with Crippen LogP contribution in [0.2, 0.25) is 0 Å². The minimum absolute atomic E-state index is 0.288. The molecule has 1 atom stereocenters. The second-order valence-corrected chi connectivity index (χ2v) is 5.07. The first kappa shape index (κ1) is 13.5. The zero-order valence-corrected chi connectivity index (χ0v) is 11.6. The minimum Gasteiger partial charge on any atom is -0.381 e. The van der Waals surface area contributed by atoms with Crippen LogP contribution in [-0.2, 0) is 11.8 Å². The summed E-state index contributed by atoms with van der Waals surface area (Å²) < 4.78 is 7.28. The number of methoxy groups -OCH3 is 1. The van der Waals surface area contributed by atoms with Gasteiger partial charge in [0.2, 0.25) is 0 Å². The fourth-order valence-corrected chi connectivity index (χ4v) is 2.84. The molecule has 0 aliphatic carbocycles. The highest BCUT2D eigenvalue weighted by Gasteiger charge is 2.27. The zero-order valence-electron chi connectivity index (χ0n) is 11.6. The van der Waals surface area contributed by atoms with E-state index in [1.54, 1.807) is 7.11 Å². The van der Waals surface area contributed by atoms with E-state index in [1.165, 1.54) is 5.56 Å². The van der Waals surface area contributed by atoms with Gasteiger partial charge in [0.1, 0.15) is 0 Å². The standard InChI is InChI=1S/C13H24N4O/c1-10-12(9-16(2)15-10)13(8-14)17-6-4-11(18-3)5-7-17/h9,11,13H,4-8,14H2,1-3H3. The second kappa shape index (κ2) is 5.82. The van der Waals surface area contributed by atoms with Crippen molar-refractivity contribution in [3.05, 3.63) is 17.5 Å². The van der Waals surface area contributed by atoms with Gasteiger partial charge in [-0.05, 0) is 19.8 Å². The molecule has 0 aromatic carbocycles. The Morgan fingerprint density at radius 2 is 2.17 bits per heavy atom. The molecular weight excluding hydrogens is 228 g/mol. The average Bonchev–Trinajstić information content (AvgIpc) is 2.70. The predicted molar refractivity (Wildman–Crippen MR) is 71.3 cm³/mol. The Bertz CT molecular complexity index is 382. The number of hydrogen-bond donors (Lipinski definition) is 1. The third-order valence-electron chi connectivity index (χ3n) is 3.88. The van der Waals surface area contributed by atoms with Gasteiger partial charge in [0, 0.05) is 45.6 Å². The Hall–Kier alpha value is -0.910. The molecule has 2 rings (SSSR count). The Morgan fingerprint density at radius 1 is 1.50 bits per heavy atom. The number of nitrogens with zero attached hydrogens (tertiary/aromatic N) is 3. The second-order valence-electron chi connectivity index (χ2n) is 5.07. The van der Waals surface area contributed by atoms with Gasteiger partial charge in [0.25, 0.3) is 0 Å². The molecule has 0 spiro atoms. The number of piperidine rings is 1. The van der Waals surface area contributed by atoms with Crippen LogP contribution in [0.25, 0.3) is 0 Å². The number of ether oxygens (including phenoxy) is 1. The molecular formula is C13H24N4O. The quantitative estimate of drug-likeness (QED) is 0.862. The maximum absolute atomic E-state index is 5.97. The Kier molecular flexibility index (Phi) is 4.37. The van der Waals surface area contributed by atoms with E-state index in [0.717, 1.165) is 31.6 Å². The van der Waals surface area contributed by atoms with Crippen molar-refractivity contribution in [3.8, 4) is 0 Å². The lowest BCUT2D eigenvalue weighted by atomic mass is 10.0. The van der Waals surface area contributed by atoms with Gasteiger partial charge < -0.3 is 10.5 Å². The third-order valence-corrected chi connectivity index (χ3v) is 3.88. The summed E-state index contributed by atoms with van der Waals surface area (Å²) in [7, 11) is 3.76. The number of rotatable bonds is 4. The van der Waals surface area contributed by atoms with Crippen molar-refractivity contribution < 1.29 is 4.74 Å². The summed E-state index contributed by atoms with van der Waals surface area (Å²) in [5.74, 6) is 0. The highest BCUT2D eigenvalue weighted by Crippen LogP contribution is 2.26. The molecule has 1 aromatic rings. The van der Waals surface area contributed by atoms with Crippen molar-refractivity contribution in [3.63, 3.8) is 0 Å². The highest BCUT2D eigenvalue weighted by atomic mass is 16.5. The molecule has 0 saturated carbocycles. The molecule has 0 radical (unpaired) electrons. The molecule has 1 aliphatic rings. The van der Waals surface area contributed by atoms with E-state index in [2.05, 4.69) is 23.1 Å². The molecule has 2 N–H and O–H groups in total. The molecule has 1 fully saturated rings. The summed E-state index contributed by atoms with van der Waals surface area (Å²) >= 11 is 0. The first-order valence-electron chi connectivity index (χ1n) is 6.62. The average molecular weight is 252 g/mol. The summed E-state index contributed by atoms with van der Waals surface area (Å²) in [5, 5.41) is 4.42. The van der Waals surface area contributed by atoms with E-state index in [9.17, 15) is 0 Å². The normalized spacial score (nSPS) is 20.2. The lowest BCUT2D eigenvalue weighted by Gasteiger charge is -2.36. The van der Waals surface area contributed by atoms with Crippen LogP contribution in [0, 0.1) is 6.92 Å². The van der Waals surface area contributed by atoms with E-state index in [1.807, 2.05) is 11.7 Å². The number of nitrogens with two attached hydrogens (primary N) is 1. The van der Waals surface area contributed by atoms with Crippen LogP contribution >= 0.6 is 0 Å². The van der Waals surface area contributed by atoms with E-state index in [0.29, 0.717) is 12.6 Å².